The molecule has 0 heterocycles. The van der Waals surface area contributed by atoms with Gasteiger partial charge in [0.05, 0.1) is 8.95 Å². The molecule has 0 aliphatic heterocycles. The van der Waals surface area contributed by atoms with E-state index in [-0.39, 0.29) is 0 Å². The molecule has 5 heteroatoms. The van der Waals surface area contributed by atoms with E-state index in [0.717, 1.165) is 29.4 Å². The fourth-order valence-corrected chi connectivity index (χ4v) is 4.07. The zero-order valence-electron chi connectivity index (χ0n) is 8.38. The number of benzene rings is 2. The van der Waals surface area contributed by atoms with E-state index in [1.54, 1.807) is 0 Å². The highest BCUT2D eigenvalue weighted by Crippen LogP contribution is 2.39. The van der Waals surface area contributed by atoms with Crippen molar-refractivity contribution < 1.29 is 4.74 Å². The molecule has 0 atom stereocenters. The summed E-state index contributed by atoms with van der Waals surface area (Å²) in [6.45, 7) is 0. The molecule has 2 rings (SSSR count). The highest BCUT2D eigenvalue weighted by Gasteiger charge is 2.09. The largest absolute Gasteiger partial charge is 0.455 e. The summed E-state index contributed by atoms with van der Waals surface area (Å²) in [7, 11) is 0. The highest BCUT2D eigenvalue weighted by atomic mass is 79.9. The lowest BCUT2D eigenvalue weighted by Gasteiger charge is -2.10. The van der Waals surface area contributed by atoms with Crippen LogP contribution >= 0.6 is 63.7 Å². The molecule has 1 nitrogen and oxygen atoms in total. The van der Waals surface area contributed by atoms with Crippen LogP contribution < -0.4 is 4.74 Å². The molecule has 0 spiro atoms. The molecule has 17 heavy (non-hydrogen) atoms. The molecule has 0 fully saturated rings. The SMILES string of the molecule is Brc1cccc(Oc2c(Br)cc(Br)cc2Br)c1. The number of ether oxygens (including phenoxy) is 1. The minimum atomic E-state index is 0.756. The van der Waals surface area contributed by atoms with E-state index in [0.29, 0.717) is 0 Å². The van der Waals surface area contributed by atoms with Gasteiger partial charge in [-0.2, -0.15) is 0 Å². The second-order valence-corrected chi connectivity index (χ2v) is 6.80. The fourth-order valence-electron chi connectivity index (χ4n) is 1.27. The highest BCUT2D eigenvalue weighted by molar-refractivity contribution is 9.11. The first kappa shape index (κ1) is 13.6. The lowest BCUT2D eigenvalue weighted by atomic mass is 10.3. The molecule has 0 amide bonds. The molecule has 2 aromatic rings. The van der Waals surface area contributed by atoms with E-state index in [2.05, 4.69) is 63.7 Å². The molecule has 2 aromatic carbocycles. The molecular weight excluding hydrogens is 480 g/mol. The zero-order chi connectivity index (χ0) is 12.4. The lowest BCUT2D eigenvalue weighted by molar-refractivity contribution is 0.476. The molecule has 0 aliphatic carbocycles. The average Bonchev–Trinajstić information content (AvgIpc) is 2.23. The summed E-state index contributed by atoms with van der Waals surface area (Å²) >= 11 is 13.8. The summed E-state index contributed by atoms with van der Waals surface area (Å²) in [5, 5.41) is 0. The Labute approximate surface area is 133 Å². The summed E-state index contributed by atoms with van der Waals surface area (Å²) in [5.41, 5.74) is 0. The van der Waals surface area contributed by atoms with Crippen molar-refractivity contribution in [1.29, 1.82) is 0 Å². The van der Waals surface area contributed by atoms with Crippen LogP contribution in [0.4, 0.5) is 0 Å². The third kappa shape index (κ3) is 3.56. The summed E-state index contributed by atoms with van der Waals surface area (Å²) < 4.78 is 9.58. The molecule has 0 aromatic heterocycles. The van der Waals surface area contributed by atoms with Crippen molar-refractivity contribution in [2.45, 2.75) is 0 Å². The van der Waals surface area contributed by atoms with Crippen molar-refractivity contribution in [3.63, 3.8) is 0 Å². The van der Waals surface area contributed by atoms with Gasteiger partial charge < -0.3 is 4.74 Å². The zero-order valence-corrected chi connectivity index (χ0v) is 14.7. The van der Waals surface area contributed by atoms with Gasteiger partial charge in [0.25, 0.3) is 0 Å². The Kier molecular flexibility index (Phi) is 4.69. The van der Waals surface area contributed by atoms with Crippen molar-refractivity contribution in [2.24, 2.45) is 0 Å². The van der Waals surface area contributed by atoms with E-state index >= 15 is 0 Å². The standard InChI is InChI=1S/C12H6Br4O/c13-7-2-1-3-9(4-7)17-12-10(15)5-8(14)6-11(12)16/h1-6H. The van der Waals surface area contributed by atoms with Gasteiger partial charge in [-0.3, -0.25) is 0 Å². The molecule has 0 N–H and O–H groups in total. The van der Waals surface area contributed by atoms with Crippen LogP contribution in [0.2, 0.25) is 0 Å². The normalized spacial score (nSPS) is 10.4. The Morgan fingerprint density at radius 2 is 1.41 bits per heavy atom. The van der Waals surface area contributed by atoms with Gasteiger partial charge in [0.1, 0.15) is 5.75 Å². The van der Waals surface area contributed by atoms with E-state index in [9.17, 15) is 0 Å². The van der Waals surface area contributed by atoms with Gasteiger partial charge in [0, 0.05) is 8.95 Å². The molecule has 0 radical (unpaired) electrons. The van der Waals surface area contributed by atoms with E-state index in [4.69, 9.17) is 4.74 Å². The van der Waals surface area contributed by atoms with E-state index in [1.807, 2.05) is 36.4 Å². The van der Waals surface area contributed by atoms with Crippen LogP contribution in [-0.2, 0) is 0 Å². The van der Waals surface area contributed by atoms with Crippen LogP contribution in [0.1, 0.15) is 0 Å². The maximum atomic E-state index is 5.83. The van der Waals surface area contributed by atoms with Gasteiger partial charge in [-0.15, -0.1) is 0 Å². The topological polar surface area (TPSA) is 9.23 Å². The molecule has 0 saturated heterocycles. The van der Waals surface area contributed by atoms with Gasteiger partial charge in [0.2, 0.25) is 0 Å². The quantitative estimate of drug-likeness (QED) is 0.470. The third-order valence-corrected chi connectivity index (χ3v) is 4.11. The first-order chi connectivity index (χ1) is 8.06. The molecule has 0 aliphatic rings. The Bertz CT molecular complexity index is 531. The Balaban J connectivity index is 2.36. The molecular formula is C12H6Br4O. The minimum absolute atomic E-state index is 0.756. The average molecular weight is 486 g/mol. The van der Waals surface area contributed by atoms with Gasteiger partial charge in [0.15, 0.2) is 5.75 Å². The summed E-state index contributed by atoms with van der Waals surface area (Å²) in [6, 6.07) is 11.6. The van der Waals surface area contributed by atoms with Crippen LogP contribution in [0, 0.1) is 0 Å². The smallest absolute Gasteiger partial charge is 0.155 e. The van der Waals surface area contributed by atoms with Crippen molar-refractivity contribution in [2.75, 3.05) is 0 Å². The van der Waals surface area contributed by atoms with Crippen LogP contribution in [0.5, 0.6) is 11.5 Å². The van der Waals surface area contributed by atoms with E-state index in [1.165, 1.54) is 0 Å². The van der Waals surface area contributed by atoms with Crippen molar-refractivity contribution in [3.05, 3.63) is 54.3 Å². The van der Waals surface area contributed by atoms with Crippen molar-refractivity contribution in [3.8, 4) is 11.5 Å². The first-order valence-corrected chi connectivity index (χ1v) is 7.81. The number of rotatable bonds is 2. The molecule has 0 saturated carbocycles. The maximum absolute atomic E-state index is 5.83. The van der Waals surface area contributed by atoms with Crippen LogP contribution in [0.3, 0.4) is 0 Å². The lowest BCUT2D eigenvalue weighted by Crippen LogP contribution is -1.87. The van der Waals surface area contributed by atoms with Gasteiger partial charge in [-0.1, -0.05) is 37.9 Å². The number of halogens is 4. The monoisotopic (exact) mass is 482 g/mol. The van der Waals surface area contributed by atoms with Crippen LogP contribution in [0.25, 0.3) is 0 Å². The van der Waals surface area contributed by atoms with Crippen LogP contribution in [0.15, 0.2) is 54.3 Å². The second-order valence-electron chi connectivity index (χ2n) is 3.26. The van der Waals surface area contributed by atoms with E-state index < -0.39 is 0 Å². The summed E-state index contributed by atoms with van der Waals surface area (Å²) in [5.74, 6) is 1.54. The predicted octanol–water partition coefficient (Wildman–Crippen LogP) is 6.53. The first-order valence-electron chi connectivity index (χ1n) is 4.64. The molecule has 88 valence electrons. The molecule has 0 unspecified atom stereocenters. The molecule has 0 bridgehead atoms. The predicted molar refractivity (Wildman–Crippen MR) is 83.8 cm³/mol. The Morgan fingerprint density at radius 1 is 0.765 bits per heavy atom. The van der Waals surface area contributed by atoms with Crippen LogP contribution in [-0.4, -0.2) is 0 Å². The van der Waals surface area contributed by atoms with Crippen molar-refractivity contribution in [1.82, 2.24) is 0 Å². The van der Waals surface area contributed by atoms with Crippen molar-refractivity contribution >= 4 is 63.7 Å². The summed E-state index contributed by atoms with van der Waals surface area (Å²) in [4.78, 5) is 0. The summed E-state index contributed by atoms with van der Waals surface area (Å²) in [6.07, 6.45) is 0. The second kappa shape index (κ2) is 5.87. The van der Waals surface area contributed by atoms with Gasteiger partial charge >= 0.3 is 0 Å². The van der Waals surface area contributed by atoms with Gasteiger partial charge in [-0.05, 0) is 62.2 Å². The Morgan fingerprint density at radius 3 is 2.00 bits per heavy atom. The third-order valence-electron chi connectivity index (χ3n) is 1.98. The van der Waals surface area contributed by atoms with Gasteiger partial charge in [-0.25, -0.2) is 0 Å². The Hall–Kier alpha value is 0.160. The maximum Gasteiger partial charge on any atom is 0.155 e. The number of hydrogen-bond acceptors (Lipinski definition) is 1. The number of hydrogen-bond donors (Lipinski definition) is 0. The fraction of sp³-hybridized carbons (Fsp3) is 0. The minimum Gasteiger partial charge on any atom is -0.455 e.